The van der Waals surface area contributed by atoms with Crippen molar-refractivity contribution < 1.29 is 4.74 Å². The van der Waals surface area contributed by atoms with Gasteiger partial charge in [-0.15, -0.1) is 0 Å². The van der Waals surface area contributed by atoms with Gasteiger partial charge in [-0.3, -0.25) is 0 Å². The van der Waals surface area contributed by atoms with Crippen LogP contribution in [0.25, 0.3) is 5.57 Å². The molecule has 1 nitrogen and oxygen atoms in total. The molecule has 108 valence electrons. The van der Waals surface area contributed by atoms with Crippen LogP contribution >= 0.6 is 0 Å². The van der Waals surface area contributed by atoms with Gasteiger partial charge in [-0.25, -0.2) is 0 Å². The number of hydrogen-bond acceptors (Lipinski definition) is 1. The van der Waals surface area contributed by atoms with Crippen molar-refractivity contribution in [2.75, 3.05) is 0 Å². The molecule has 2 atom stereocenters. The number of hydrogen-bond donors (Lipinski definition) is 0. The Labute approximate surface area is 123 Å². The van der Waals surface area contributed by atoms with Crippen molar-refractivity contribution in [3.05, 3.63) is 34.4 Å². The van der Waals surface area contributed by atoms with Crippen molar-refractivity contribution in [2.24, 2.45) is 5.92 Å². The molecular weight excluding hydrogens is 244 g/mol. The SMILES string of the molecule is Cc1c(C2=CCC(C)CC2)cc2c(c1C)OC(C)CC2. The molecule has 1 heterocycles. The summed E-state index contributed by atoms with van der Waals surface area (Å²) in [7, 11) is 0. The maximum atomic E-state index is 6.08. The van der Waals surface area contributed by atoms with E-state index in [4.69, 9.17) is 4.74 Å². The van der Waals surface area contributed by atoms with Crippen LogP contribution in [0.3, 0.4) is 0 Å². The van der Waals surface area contributed by atoms with Crippen LogP contribution in [0, 0.1) is 19.8 Å². The third-order valence-corrected chi connectivity index (χ3v) is 5.08. The summed E-state index contributed by atoms with van der Waals surface area (Å²) >= 11 is 0. The molecule has 3 rings (SSSR count). The quantitative estimate of drug-likeness (QED) is 0.679. The predicted octanol–water partition coefficient (Wildman–Crippen LogP) is 5.22. The molecule has 0 spiro atoms. The van der Waals surface area contributed by atoms with Crippen LogP contribution in [0.15, 0.2) is 12.1 Å². The van der Waals surface area contributed by atoms with Crippen molar-refractivity contribution >= 4 is 5.57 Å². The fourth-order valence-corrected chi connectivity index (χ4v) is 3.47. The zero-order valence-electron chi connectivity index (χ0n) is 13.3. The van der Waals surface area contributed by atoms with Gasteiger partial charge in [-0.2, -0.15) is 0 Å². The van der Waals surface area contributed by atoms with Crippen molar-refractivity contribution in [1.29, 1.82) is 0 Å². The topological polar surface area (TPSA) is 9.23 Å². The molecule has 0 saturated carbocycles. The lowest BCUT2D eigenvalue weighted by molar-refractivity contribution is 0.191. The summed E-state index contributed by atoms with van der Waals surface area (Å²) in [5.41, 5.74) is 7.22. The molecule has 1 aromatic carbocycles. The van der Waals surface area contributed by atoms with Gasteiger partial charge in [-0.05, 0) is 92.7 Å². The summed E-state index contributed by atoms with van der Waals surface area (Å²) in [5.74, 6) is 2.01. The number of aryl methyl sites for hydroxylation is 1. The lowest BCUT2D eigenvalue weighted by Crippen LogP contribution is -2.20. The minimum absolute atomic E-state index is 0.362. The Morgan fingerprint density at radius 1 is 1.05 bits per heavy atom. The van der Waals surface area contributed by atoms with Crippen molar-refractivity contribution in [3.8, 4) is 5.75 Å². The fraction of sp³-hybridized carbons (Fsp3) is 0.579. The lowest BCUT2D eigenvalue weighted by atomic mass is 9.83. The van der Waals surface area contributed by atoms with E-state index >= 15 is 0 Å². The minimum atomic E-state index is 0.362. The molecular formula is C19H26O. The van der Waals surface area contributed by atoms with Gasteiger partial charge in [0.1, 0.15) is 5.75 Å². The van der Waals surface area contributed by atoms with Gasteiger partial charge in [0.05, 0.1) is 6.10 Å². The number of rotatable bonds is 1. The highest BCUT2D eigenvalue weighted by Gasteiger charge is 2.22. The predicted molar refractivity (Wildman–Crippen MR) is 85.3 cm³/mol. The molecule has 0 bridgehead atoms. The average Bonchev–Trinajstić information content (AvgIpc) is 2.44. The van der Waals surface area contributed by atoms with E-state index in [0.29, 0.717) is 6.10 Å². The molecule has 2 aliphatic rings. The Morgan fingerprint density at radius 3 is 2.55 bits per heavy atom. The monoisotopic (exact) mass is 270 g/mol. The molecule has 1 heteroatoms. The van der Waals surface area contributed by atoms with Gasteiger partial charge in [0.2, 0.25) is 0 Å². The molecule has 1 aliphatic carbocycles. The van der Waals surface area contributed by atoms with Gasteiger partial charge >= 0.3 is 0 Å². The van der Waals surface area contributed by atoms with E-state index in [9.17, 15) is 0 Å². The standard InChI is InChI=1S/C19H26O/c1-12-5-8-16(9-6-12)18-11-17-10-7-13(2)20-19(17)15(4)14(18)3/h8,11-13H,5-7,9-10H2,1-4H3. The highest BCUT2D eigenvalue weighted by Crippen LogP contribution is 2.39. The molecule has 0 amide bonds. The zero-order chi connectivity index (χ0) is 14.3. The van der Waals surface area contributed by atoms with Crippen LogP contribution in [0.4, 0.5) is 0 Å². The second kappa shape index (κ2) is 5.27. The maximum absolute atomic E-state index is 6.08. The normalized spacial score (nSPS) is 25.7. The number of benzene rings is 1. The first-order chi connectivity index (χ1) is 9.56. The molecule has 1 aliphatic heterocycles. The minimum Gasteiger partial charge on any atom is -0.490 e. The van der Waals surface area contributed by atoms with E-state index in [2.05, 4.69) is 39.8 Å². The first kappa shape index (κ1) is 13.7. The van der Waals surface area contributed by atoms with Gasteiger partial charge in [0.25, 0.3) is 0 Å². The van der Waals surface area contributed by atoms with Crippen molar-refractivity contribution in [2.45, 2.75) is 65.9 Å². The van der Waals surface area contributed by atoms with Crippen LogP contribution < -0.4 is 4.74 Å². The summed E-state index contributed by atoms with van der Waals surface area (Å²) in [4.78, 5) is 0. The number of allylic oxidation sites excluding steroid dienone is 2. The van der Waals surface area contributed by atoms with E-state index in [-0.39, 0.29) is 0 Å². The number of fused-ring (bicyclic) bond motifs is 1. The Bertz CT molecular complexity index is 553. The van der Waals surface area contributed by atoms with E-state index in [1.807, 2.05) is 0 Å². The molecule has 0 radical (unpaired) electrons. The highest BCUT2D eigenvalue weighted by atomic mass is 16.5. The van der Waals surface area contributed by atoms with E-state index in [0.717, 1.165) is 24.5 Å². The van der Waals surface area contributed by atoms with E-state index in [1.165, 1.54) is 41.5 Å². The van der Waals surface area contributed by atoms with E-state index in [1.54, 1.807) is 5.57 Å². The molecule has 0 aromatic heterocycles. The van der Waals surface area contributed by atoms with Crippen LogP contribution in [0.5, 0.6) is 5.75 Å². The second-order valence-electron chi connectivity index (χ2n) is 6.74. The highest BCUT2D eigenvalue weighted by molar-refractivity contribution is 5.72. The summed E-state index contributed by atoms with van der Waals surface area (Å²) in [6, 6.07) is 2.41. The first-order valence-corrected chi connectivity index (χ1v) is 8.05. The Balaban J connectivity index is 2.03. The first-order valence-electron chi connectivity index (χ1n) is 8.05. The van der Waals surface area contributed by atoms with Gasteiger partial charge < -0.3 is 4.74 Å². The van der Waals surface area contributed by atoms with Crippen LogP contribution in [0.2, 0.25) is 0 Å². The Hall–Kier alpha value is -1.24. The summed E-state index contributed by atoms with van der Waals surface area (Å²) in [5, 5.41) is 0. The second-order valence-corrected chi connectivity index (χ2v) is 6.74. The van der Waals surface area contributed by atoms with Gasteiger partial charge in [-0.1, -0.05) is 13.0 Å². The van der Waals surface area contributed by atoms with E-state index < -0.39 is 0 Å². The third-order valence-electron chi connectivity index (χ3n) is 5.08. The van der Waals surface area contributed by atoms with Crippen LogP contribution in [0.1, 0.15) is 61.8 Å². The smallest absolute Gasteiger partial charge is 0.126 e. The summed E-state index contributed by atoms with van der Waals surface area (Å²) < 4.78 is 6.08. The molecule has 20 heavy (non-hydrogen) atoms. The third kappa shape index (κ3) is 2.39. The Morgan fingerprint density at radius 2 is 1.85 bits per heavy atom. The maximum Gasteiger partial charge on any atom is 0.126 e. The molecule has 0 saturated heterocycles. The largest absolute Gasteiger partial charge is 0.490 e. The molecule has 2 unspecified atom stereocenters. The van der Waals surface area contributed by atoms with Crippen molar-refractivity contribution in [1.82, 2.24) is 0 Å². The Kier molecular flexibility index (Phi) is 3.62. The van der Waals surface area contributed by atoms with Crippen LogP contribution in [-0.2, 0) is 6.42 Å². The molecule has 1 aromatic rings. The van der Waals surface area contributed by atoms with Crippen LogP contribution in [-0.4, -0.2) is 6.10 Å². The average molecular weight is 270 g/mol. The number of ether oxygens (including phenoxy) is 1. The molecule has 0 N–H and O–H groups in total. The van der Waals surface area contributed by atoms with Gasteiger partial charge in [0, 0.05) is 0 Å². The summed E-state index contributed by atoms with van der Waals surface area (Å²) in [6.45, 7) is 9.01. The summed E-state index contributed by atoms with van der Waals surface area (Å²) in [6.07, 6.45) is 8.93. The van der Waals surface area contributed by atoms with Crippen molar-refractivity contribution in [3.63, 3.8) is 0 Å². The van der Waals surface area contributed by atoms with Gasteiger partial charge in [0.15, 0.2) is 0 Å². The molecule has 0 fully saturated rings. The fourth-order valence-electron chi connectivity index (χ4n) is 3.47. The zero-order valence-corrected chi connectivity index (χ0v) is 13.3. The lowest BCUT2D eigenvalue weighted by Gasteiger charge is -2.28.